The predicted molar refractivity (Wildman–Crippen MR) is 77.4 cm³/mol. The number of rotatable bonds is 3. The molecular weight excluding hydrogens is 256 g/mol. The number of ether oxygens (including phenoxy) is 1. The quantitative estimate of drug-likeness (QED) is 0.656. The van der Waals surface area contributed by atoms with Gasteiger partial charge in [-0.1, -0.05) is 19.3 Å². The topological polar surface area (TPSA) is 81.4 Å². The van der Waals surface area contributed by atoms with E-state index in [1.807, 2.05) is 0 Å². The van der Waals surface area contributed by atoms with Gasteiger partial charge in [0.2, 0.25) is 5.91 Å². The SMILES string of the molecule is COC(=O)c1ccc(NC(=O)C2CCCCC2)c(N)c1. The molecular formula is C15H20N2O3. The van der Waals surface area contributed by atoms with Crippen molar-refractivity contribution in [3.63, 3.8) is 0 Å². The van der Waals surface area contributed by atoms with Gasteiger partial charge in [0, 0.05) is 5.92 Å². The molecule has 2 rings (SSSR count). The number of hydrogen-bond donors (Lipinski definition) is 2. The summed E-state index contributed by atoms with van der Waals surface area (Å²) in [5.41, 5.74) is 7.17. The number of nitrogens with one attached hydrogen (secondary N) is 1. The summed E-state index contributed by atoms with van der Waals surface area (Å²) in [4.78, 5) is 23.5. The number of nitrogens with two attached hydrogens (primary N) is 1. The third-order valence-electron chi connectivity index (χ3n) is 3.71. The highest BCUT2D eigenvalue weighted by molar-refractivity contribution is 5.97. The maximum absolute atomic E-state index is 12.1. The summed E-state index contributed by atoms with van der Waals surface area (Å²) < 4.78 is 4.63. The van der Waals surface area contributed by atoms with Gasteiger partial charge in [0.1, 0.15) is 0 Å². The second-order valence-electron chi connectivity index (χ2n) is 5.12. The molecule has 0 atom stereocenters. The molecule has 0 unspecified atom stereocenters. The summed E-state index contributed by atoms with van der Waals surface area (Å²) in [6, 6.07) is 4.75. The zero-order valence-corrected chi connectivity index (χ0v) is 11.6. The first-order valence-electron chi connectivity index (χ1n) is 6.90. The molecule has 0 bridgehead atoms. The Kier molecular flexibility index (Phi) is 4.61. The van der Waals surface area contributed by atoms with Gasteiger partial charge in [0.05, 0.1) is 24.0 Å². The van der Waals surface area contributed by atoms with Crippen LogP contribution in [0.5, 0.6) is 0 Å². The van der Waals surface area contributed by atoms with Crippen molar-refractivity contribution in [3.8, 4) is 0 Å². The Balaban J connectivity index is 2.05. The summed E-state index contributed by atoms with van der Waals surface area (Å²) in [5.74, 6) is -0.354. The molecule has 5 heteroatoms. The van der Waals surface area contributed by atoms with E-state index in [4.69, 9.17) is 5.73 Å². The molecule has 1 saturated carbocycles. The number of nitrogen functional groups attached to an aromatic ring is 1. The molecule has 1 amide bonds. The second-order valence-corrected chi connectivity index (χ2v) is 5.12. The third kappa shape index (κ3) is 3.29. The van der Waals surface area contributed by atoms with E-state index < -0.39 is 5.97 Å². The van der Waals surface area contributed by atoms with Crippen LogP contribution in [0.1, 0.15) is 42.5 Å². The number of esters is 1. The monoisotopic (exact) mass is 276 g/mol. The third-order valence-corrected chi connectivity index (χ3v) is 3.71. The van der Waals surface area contributed by atoms with Gasteiger partial charge in [-0.05, 0) is 31.0 Å². The van der Waals surface area contributed by atoms with Crippen LogP contribution in [0.4, 0.5) is 11.4 Å². The lowest BCUT2D eigenvalue weighted by molar-refractivity contribution is -0.120. The van der Waals surface area contributed by atoms with Crippen molar-refractivity contribution in [2.75, 3.05) is 18.2 Å². The van der Waals surface area contributed by atoms with Gasteiger partial charge in [-0.2, -0.15) is 0 Å². The highest BCUT2D eigenvalue weighted by atomic mass is 16.5. The van der Waals surface area contributed by atoms with E-state index in [1.54, 1.807) is 12.1 Å². The molecule has 20 heavy (non-hydrogen) atoms. The number of carbonyl (C=O) groups is 2. The standard InChI is InChI=1S/C15H20N2O3/c1-20-15(19)11-7-8-13(12(16)9-11)17-14(18)10-5-3-2-4-6-10/h7-10H,2-6,16H2,1H3,(H,17,18). The molecule has 0 aliphatic heterocycles. The molecule has 3 N–H and O–H groups in total. The predicted octanol–water partition coefficient (Wildman–Crippen LogP) is 2.57. The van der Waals surface area contributed by atoms with Gasteiger partial charge in [-0.3, -0.25) is 4.79 Å². The normalized spacial score (nSPS) is 15.7. The smallest absolute Gasteiger partial charge is 0.337 e. The van der Waals surface area contributed by atoms with Crippen molar-refractivity contribution >= 4 is 23.3 Å². The zero-order valence-electron chi connectivity index (χ0n) is 11.6. The van der Waals surface area contributed by atoms with Crippen LogP contribution in [-0.4, -0.2) is 19.0 Å². The maximum Gasteiger partial charge on any atom is 0.337 e. The Morgan fingerprint density at radius 1 is 1.25 bits per heavy atom. The molecule has 1 aromatic carbocycles. The van der Waals surface area contributed by atoms with Crippen LogP contribution >= 0.6 is 0 Å². The van der Waals surface area contributed by atoms with Crippen molar-refractivity contribution in [1.29, 1.82) is 0 Å². The number of amides is 1. The number of hydrogen-bond acceptors (Lipinski definition) is 4. The highest BCUT2D eigenvalue weighted by Gasteiger charge is 2.21. The molecule has 1 aliphatic carbocycles. The Labute approximate surface area is 118 Å². The summed E-state index contributed by atoms with van der Waals surface area (Å²) in [5, 5.41) is 2.85. The van der Waals surface area contributed by atoms with Gasteiger partial charge in [-0.15, -0.1) is 0 Å². The Morgan fingerprint density at radius 3 is 2.55 bits per heavy atom. The van der Waals surface area contributed by atoms with E-state index in [0.29, 0.717) is 16.9 Å². The van der Waals surface area contributed by atoms with Gasteiger partial charge in [0.15, 0.2) is 0 Å². The largest absolute Gasteiger partial charge is 0.465 e. The average molecular weight is 276 g/mol. The van der Waals surface area contributed by atoms with E-state index in [1.165, 1.54) is 19.6 Å². The lowest BCUT2D eigenvalue weighted by atomic mass is 9.88. The first-order chi connectivity index (χ1) is 9.61. The van der Waals surface area contributed by atoms with E-state index >= 15 is 0 Å². The van der Waals surface area contributed by atoms with Gasteiger partial charge >= 0.3 is 5.97 Å². The average Bonchev–Trinajstić information content (AvgIpc) is 2.49. The second kappa shape index (κ2) is 6.41. The minimum absolute atomic E-state index is 0.0159. The molecule has 108 valence electrons. The van der Waals surface area contributed by atoms with E-state index in [2.05, 4.69) is 10.1 Å². The molecule has 0 saturated heterocycles. The van der Waals surface area contributed by atoms with Crippen LogP contribution in [0.2, 0.25) is 0 Å². The molecule has 0 spiro atoms. The molecule has 0 radical (unpaired) electrons. The van der Waals surface area contributed by atoms with Crippen molar-refractivity contribution in [1.82, 2.24) is 0 Å². The minimum atomic E-state index is -0.443. The van der Waals surface area contributed by atoms with Gasteiger partial charge in [0.25, 0.3) is 0 Å². The van der Waals surface area contributed by atoms with Crippen LogP contribution in [0, 0.1) is 5.92 Å². The summed E-state index contributed by atoms with van der Waals surface area (Å²) in [6.45, 7) is 0. The van der Waals surface area contributed by atoms with Crippen LogP contribution in [0.15, 0.2) is 18.2 Å². The van der Waals surface area contributed by atoms with Crippen molar-refractivity contribution in [3.05, 3.63) is 23.8 Å². The van der Waals surface area contributed by atoms with Crippen molar-refractivity contribution in [2.24, 2.45) is 5.92 Å². The van der Waals surface area contributed by atoms with Gasteiger partial charge < -0.3 is 15.8 Å². The number of anilines is 2. The number of methoxy groups -OCH3 is 1. The lowest BCUT2D eigenvalue weighted by Crippen LogP contribution is -2.25. The molecule has 1 aliphatic rings. The zero-order chi connectivity index (χ0) is 14.5. The summed E-state index contributed by atoms with van der Waals surface area (Å²) in [6.07, 6.45) is 5.29. The lowest BCUT2D eigenvalue weighted by Gasteiger charge is -2.21. The Morgan fingerprint density at radius 2 is 1.95 bits per heavy atom. The Bertz CT molecular complexity index is 508. The van der Waals surface area contributed by atoms with Crippen molar-refractivity contribution in [2.45, 2.75) is 32.1 Å². The number of benzene rings is 1. The fraction of sp³-hybridized carbons (Fsp3) is 0.467. The molecule has 0 heterocycles. The summed E-state index contributed by atoms with van der Waals surface area (Å²) in [7, 11) is 1.32. The van der Waals surface area contributed by atoms with E-state index in [9.17, 15) is 9.59 Å². The number of carbonyl (C=O) groups excluding carboxylic acids is 2. The highest BCUT2D eigenvalue weighted by Crippen LogP contribution is 2.26. The fourth-order valence-corrected chi connectivity index (χ4v) is 2.52. The molecule has 1 aromatic rings. The Hall–Kier alpha value is -2.04. The molecule has 5 nitrogen and oxygen atoms in total. The molecule has 1 fully saturated rings. The van der Waals surface area contributed by atoms with Crippen LogP contribution in [0.25, 0.3) is 0 Å². The molecule has 0 aromatic heterocycles. The first-order valence-corrected chi connectivity index (χ1v) is 6.90. The minimum Gasteiger partial charge on any atom is -0.465 e. The maximum atomic E-state index is 12.1. The van der Waals surface area contributed by atoms with Crippen LogP contribution in [-0.2, 0) is 9.53 Å². The summed E-state index contributed by atoms with van der Waals surface area (Å²) >= 11 is 0. The van der Waals surface area contributed by atoms with Crippen LogP contribution in [0.3, 0.4) is 0 Å². The van der Waals surface area contributed by atoms with E-state index in [-0.39, 0.29) is 11.8 Å². The van der Waals surface area contributed by atoms with Crippen molar-refractivity contribution < 1.29 is 14.3 Å². The van der Waals surface area contributed by atoms with Gasteiger partial charge in [-0.25, -0.2) is 4.79 Å². The van der Waals surface area contributed by atoms with Crippen LogP contribution < -0.4 is 11.1 Å². The first kappa shape index (κ1) is 14.4. The van der Waals surface area contributed by atoms with E-state index in [0.717, 1.165) is 25.7 Å². The fourth-order valence-electron chi connectivity index (χ4n) is 2.52.